The van der Waals surface area contributed by atoms with Crippen molar-refractivity contribution < 1.29 is 0 Å². The number of benzene rings is 8. The first kappa shape index (κ1) is 31.1. The average Bonchev–Trinajstić information content (AvgIpc) is 3.68. The summed E-state index contributed by atoms with van der Waals surface area (Å²) < 4.78 is 2.41. The molecule has 252 valence electrons. The van der Waals surface area contributed by atoms with Crippen LogP contribution in [0.15, 0.2) is 194 Å². The second-order valence-electron chi connectivity index (χ2n) is 14.5. The van der Waals surface area contributed by atoms with E-state index in [-0.39, 0.29) is 5.41 Å². The summed E-state index contributed by atoms with van der Waals surface area (Å²) in [6.07, 6.45) is 0. The molecule has 1 aromatic heterocycles. The van der Waals surface area contributed by atoms with Crippen LogP contribution in [0.5, 0.6) is 0 Å². The number of hydrogen-bond acceptors (Lipinski definition) is 1. The lowest BCUT2D eigenvalue weighted by Gasteiger charge is -2.31. The first-order chi connectivity index (χ1) is 26.1. The van der Waals surface area contributed by atoms with Crippen molar-refractivity contribution in [3.8, 4) is 39.1 Å². The van der Waals surface area contributed by atoms with Crippen LogP contribution < -0.4 is 4.90 Å². The molecule has 0 saturated heterocycles. The molecule has 1 aliphatic carbocycles. The van der Waals surface area contributed by atoms with Gasteiger partial charge in [0.2, 0.25) is 0 Å². The van der Waals surface area contributed by atoms with Crippen molar-refractivity contribution in [3.05, 3.63) is 205 Å². The number of hydrogen-bond donors (Lipinski definition) is 0. The molecule has 8 aromatic carbocycles. The van der Waals surface area contributed by atoms with E-state index in [2.05, 4.69) is 217 Å². The van der Waals surface area contributed by atoms with Gasteiger partial charge < -0.3 is 9.47 Å². The van der Waals surface area contributed by atoms with Crippen molar-refractivity contribution in [3.63, 3.8) is 0 Å². The van der Waals surface area contributed by atoms with Crippen LogP contribution in [-0.4, -0.2) is 4.57 Å². The van der Waals surface area contributed by atoms with Crippen LogP contribution >= 0.6 is 0 Å². The van der Waals surface area contributed by atoms with Crippen LogP contribution in [-0.2, 0) is 5.41 Å². The van der Waals surface area contributed by atoms with Crippen molar-refractivity contribution in [1.82, 2.24) is 4.57 Å². The Balaban J connectivity index is 1.25. The summed E-state index contributed by atoms with van der Waals surface area (Å²) in [7, 11) is 0. The Morgan fingerprint density at radius 1 is 0.415 bits per heavy atom. The first-order valence-corrected chi connectivity index (χ1v) is 18.5. The normalized spacial score (nSPS) is 12.9. The monoisotopic (exact) mass is 678 g/mol. The van der Waals surface area contributed by atoms with Crippen LogP contribution in [0, 0.1) is 0 Å². The van der Waals surface area contributed by atoms with Gasteiger partial charge in [-0.25, -0.2) is 0 Å². The summed E-state index contributed by atoms with van der Waals surface area (Å²) in [4.78, 5) is 2.47. The minimum Gasteiger partial charge on any atom is -0.309 e. The molecule has 0 spiro atoms. The summed E-state index contributed by atoms with van der Waals surface area (Å²) in [5, 5.41) is 2.51. The van der Waals surface area contributed by atoms with E-state index in [1.165, 1.54) is 66.3 Å². The van der Waals surface area contributed by atoms with Gasteiger partial charge in [0.25, 0.3) is 0 Å². The van der Waals surface area contributed by atoms with Crippen molar-refractivity contribution in [2.45, 2.75) is 19.3 Å². The predicted octanol–water partition coefficient (Wildman–Crippen LogP) is 13.9. The first-order valence-electron chi connectivity index (χ1n) is 18.5. The van der Waals surface area contributed by atoms with E-state index in [4.69, 9.17) is 0 Å². The molecule has 0 aliphatic heterocycles. The van der Waals surface area contributed by atoms with Crippen molar-refractivity contribution >= 4 is 38.9 Å². The van der Waals surface area contributed by atoms with Gasteiger partial charge in [0.05, 0.1) is 22.4 Å². The largest absolute Gasteiger partial charge is 0.309 e. The molecule has 10 rings (SSSR count). The van der Waals surface area contributed by atoms with Crippen molar-refractivity contribution in [1.29, 1.82) is 0 Å². The minimum atomic E-state index is -0.0902. The number of para-hydroxylation sites is 4. The lowest BCUT2D eigenvalue weighted by Crippen LogP contribution is -2.15. The molecule has 9 aromatic rings. The standard InChI is InChI=1S/C51H38N2/c1-51(2)44-28-11-6-26-43(44)50-42(27-17-29-45(50)51)41-25-10-15-33-49(41)52(46-30-12-7-22-38(46)35-18-4-3-5-19-35)36-20-16-21-37(34-36)53-47-31-13-8-23-39(47)40-24-9-14-32-48(40)53/h3-34H,1-2H3. The van der Waals surface area contributed by atoms with E-state index < -0.39 is 0 Å². The molecule has 0 saturated carbocycles. The van der Waals surface area contributed by atoms with Crippen LogP contribution in [0.2, 0.25) is 0 Å². The van der Waals surface area contributed by atoms with Crippen molar-refractivity contribution in [2.24, 2.45) is 0 Å². The van der Waals surface area contributed by atoms with Gasteiger partial charge in [0.1, 0.15) is 0 Å². The van der Waals surface area contributed by atoms with E-state index in [1.807, 2.05) is 0 Å². The number of rotatable bonds is 6. The van der Waals surface area contributed by atoms with E-state index >= 15 is 0 Å². The molecule has 0 amide bonds. The quantitative estimate of drug-likeness (QED) is 0.170. The Labute approximate surface area is 310 Å². The summed E-state index contributed by atoms with van der Waals surface area (Å²) >= 11 is 0. The maximum absolute atomic E-state index is 2.47. The molecule has 0 bridgehead atoms. The smallest absolute Gasteiger partial charge is 0.0541 e. The Morgan fingerprint density at radius 3 is 1.68 bits per heavy atom. The zero-order valence-corrected chi connectivity index (χ0v) is 29.9. The second-order valence-corrected chi connectivity index (χ2v) is 14.5. The summed E-state index contributed by atoms with van der Waals surface area (Å²) in [6.45, 7) is 4.71. The van der Waals surface area contributed by atoms with Gasteiger partial charge in [0.15, 0.2) is 0 Å². The highest BCUT2D eigenvalue weighted by Gasteiger charge is 2.37. The van der Waals surface area contributed by atoms with Crippen molar-refractivity contribution in [2.75, 3.05) is 4.90 Å². The molecular formula is C51H38N2. The summed E-state index contributed by atoms with van der Waals surface area (Å²) in [6, 6.07) is 70.8. The van der Waals surface area contributed by atoms with Gasteiger partial charge in [-0.2, -0.15) is 0 Å². The van der Waals surface area contributed by atoms with E-state index in [0.717, 1.165) is 22.7 Å². The fraction of sp³-hybridized carbons (Fsp3) is 0.0588. The minimum absolute atomic E-state index is 0.0902. The highest BCUT2D eigenvalue weighted by atomic mass is 15.2. The third kappa shape index (κ3) is 4.87. The Hall–Kier alpha value is -6.64. The fourth-order valence-corrected chi connectivity index (χ4v) is 8.79. The Morgan fingerprint density at radius 2 is 0.943 bits per heavy atom. The lowest BCUT2D eigenvalue weighted by atomic mass is 9.82. The number of aromatic nitrogens is 1. The number of nitrogens with zero attached hydrogens (tertiary/aromatic N) is 2. The zero-order chi connectivity index (χ0) is 35.5. The summed E-state index contributed by atoms with van der Waals surface area (Å²) in [5.74, 6) is 0. The molecule has 0 fully saturated rings. The molecule has 0 atom stereocenters. The molecule has 1 heterocycles. The maximum atomic E-state index is 2.47. The number of fused-ring (bicyclic) bond motifs is 6. The molecule has 2 heteroatoms. The highest BCUT2D eigenvalue weighted by Crippen LogP contribution is 2.54. The van der Waals surface area contributed by atoms with Gasteiger partial charge in [-0.3, -0.25) is 0 Å². The van der Waals surface area contributed by atoms with Gasteiger partial charge in [-0.05, 0) is 75.8 Å². The van der Waals surface area contributed by atoms with Gasteiger partial charge >= 0.3 is 0 Å². The van der Waals surface area contributed by atoms with Crippen LogP contribution in [0.25, 0.3) is 60.9 Å². The summed E-state index contributed by atoms with van der Waals surface area (Å²) in [5.41, 5.74) is 17.0. The van der Waals surface area contributed by atoms with Crippen LogP contribution in [0.3, 0.4) is 0 Å². The third-order valence-electron chi connectivity index (χ3n) is 11.2. The van der Waals surface area contributed by atoms with Gasteiger partial charge in [0, 0.05) is 38.7 Å². The molecule has 0 N–H and O–H groups in total. The van der Waals surface area contributed by atoms with E-state index in [0.29, 0.717) is 0 Å². The van der Waals surface area contributed by atoms with Gasteiger partial charge in [-0.15, -0.1) is 0 Å². The third-order valence-corrected chi connectivity index (χ3v) is 11.2. The van der Waals surface area contributed by atoms with Crippen LogP contribution in [0.4, 0.5) is 17.1 Å². The Kier molecular flexibility index (Phi) is 7.19. The molecule has 53 heavy (non-hydrogen) atoms. The molecule has 2 nitrogen and oxygen atoms in total. The molecule has 0 radical (unpaired) electrons. The lowest BCUT2D eigenvalue weighted by molar-refractivity contribution is 0.660. The van der Waals surface area contributed by atoms with E-state index in [1.54, 1.807) is 0 Å². The second kappa shape index (κ2) is 12.3. The average molecular weight is 679 g/mol. The van der Waals surface area contributed by atoms with Gasteiger partial charge in [-0.1, -0.05) is 166 Å². The number of anilines is 3. The fourth-order valence-electron chi connectivity index (χ4n) is 8.79. The SMILES string of the molecule is CC1(C)c2ccccc2-c2c(-c3ccccc3N(c3cccc(-n4c5ccccc5c5ccccc54)c3)c3ccccc3-c3ccccc3)cccc21. The zero-order valence-electron chi connectivity index (χ0n) is 29.9. The predicted molar refractivity (Wildman–Crippen MR) is 224 cm³/mol. The Bertz CT molecular complexity index is 2770. The topological polar surface area (TPSA) is 8.17 Å². The van der Waals surface area contributed by atoms with E-state index in [9.17, 15) is 0 Å². The van der Waals surface area contributed by atoms with Crippen LogP contribution in [0.1, 0.15) is 25.0 Å². The molecular weight excluding hydrogens is 641 g/mol. The molecule has 0 unspecified atom stereocenters. The maximum Gasteiger partial charge on any atom is 0.0541 e. The highest BCUT2D eigenvalue weighted by molar-refractivity contribution is 6.09. The molecule has 1 aliphatic rings.